The van der Waals surface area contributed by atoms with Gasteiger partial charge in [-0.15, -0.1) is 0 Å². The van der Waals surface area contributed by atoms with Crippen LogP contribution in [0.4, 0.5) is 0 Å². The summed E-state index contributed by atoms with van der Waals surface area (Å²) in [6, 6.07) is 0.220. The van der Waals surface area contributed by atoms with Gasteiger partial charge in [0.2, 0.25) is 0 Å². The van der Waals surface area contributed by atoms with Crippen LogP contribution < -0.4 is 5.73 Å². The largest absolute Gasteiger partial charge is 0.368 e. The molecule has 2 atom stereocenters. The summed E-state index contributed by atoms with van der Waals surface area (Å²) in [4.78, 5) is 14.0. The smallest absolute Gasteiger partial charge is 0.251 e. The zero-order valence-corrected chi connectivity index (χ0v) is 10.0. The maximum atomic E-state index is 12.2. The minimum atomic E-state index is -0.216. The molecule has 1 saturated carbocycles. The number of rotatable bonds is 4. The highest BCUT2D eigenvalue weighted by molar-refractivity contribution is 5.81. The highest BCUT2D eigenvalue weighted by Crippen LogP contribution is 2.35. The first-order chi connectivity index (χ1) is 7.74. The van der Waals surface area contributed by atoms with Crippen molar-refractivity contribution in [3.05, 3.63) is 0 Å². The molecule has 0 aromatic carbocycles. The van der Waals surface area contributed by atoms with Gasteiger partial charge in [0.15, 0.2) is 0 Å². The van der Waals surface area contributed by atoms with Crippen LogP contribution >= 0.6 is 0 Å². The first kappa shape index (κ1) is 11.9. The number of amides is 1. The Hall–Kier alpha value is -0.610. The van der Waals surface area contributed by atoms with Crippen molar-refractivity contribution in [2.24, 2.45) is 11.7 Å². The lowest BCUT2D eigenvalue weighted by molar-refractivity contribution is -0.147. The zero-order valence-electron chi connectivity index (χ0n) is 10.0. The summed E-state index contributed by atoms with van der Waals surface area (Å²) in [5.74, 6) is 0.754. The second kappa shape index (κ2) is 5.15. The van der Waals surface area contributed by atoms with Crippen molar-refractivity contribution >= 4 is 5.91 Å². The number of nitrogens with two attached hydrogens (primary N) is 1. The van der Waals surface area contributed by atoms with Crippen molar-refractivity contribution in [2.75, 3.05) is 20.2 Å². The molecule has 16 heavy (non-hydrogen) atoms. The van der Waals surface area contributed by atoms with Gasteiger partial charge in [-0.25, -0.2) is 0 Å². The van der Waals surface area contributed by atoms with Gasteiger partial charge in [0.1, 0.15) is 6.10 Å². The van der Waals surface area contributed by atoms with E-state index in [2.05, 4.69) is 0 Å². The lowest BCUT2D eigenvalue weighted by Crippen LogP contribution is -2.48. The molecule has 0 spiro atoms. The number of likely N-dealkylation sites (N-methyl/N-ethyl adjacent to an activating group) is 1. The molecule has 0 aromatic heterocycles. The van der Waals surface area contributed by atoms with Gasteiger partial charge in [0.25, 0.3) is 5.91 Å². The van der Waals surface area contributed by atoms with Crippen molar-refractivity contribution < 1.29 is 9.53 Å². The van der Waals surface area contributed by atoms with Crippen LogP contribution in [0.3, 0.4) is 0 Å². The number of carbonyl (C=O) groups excluding carboxylic acids is 1. The predicted octanol–water partition coefficient (Wildman–Crippen LogP) is 0.751. The number of nitrogens with zero attached hydrogens (tertiary/aromatic N) is 1. The third-order valence-corrected chi connectivity index (χ3v) is 3.71. The van der Waals surface area contributed by atoms with Crippen LogP contribution in [0.1, 0.15) is 32.1 Å². The van der Waals surface area contributed by atoms with Crippen molar-refractivity contribution in [1.29, 1.82) is 0 Å². The van der Waals surface area contributed by atoms with E-state index < -0.39 is 0 Å². The van der Waals surface area contributed by atoms with Crippen LogP contribution in [0.2, 0.25) is 0 Å². The topological polar surface area (TPSA) is 55.6 Å². The summed E-state index contributed by atoms with van der Waals surface area (Å²) in [6.07, 6.45) is 5.25. The Morgan fingerprint density at radius 2 is 2.19 bits per heavy atom. The molecule has 2 aliphatic rings. The molecule has 0 radical (unpaired) electrons. The van der Waals surface area contributed by atoms with Crippen molar-refractivity contribution in [3.63, 3.8) is 0 Å². The monoisotopic (exact) mass is 226 g/mol. The highest BCUT2D eigenvalue weighted by Gasteiger charge is 2.37. The number of carbonyl (C=O) groups is 1. The van der Waals surface area contributed by atoms with Crippen LogP contribution in [0.25, 0.3) is 0 Å². The first-order valence-electron chi connectivity index (χ1n) is 6.32. The molecule has 1 amide bonds. The van der Waals surface area contributed by atoms with E-state index in [-0.39, 0.29) is 18.1 Å². The van der Waals surface area contributed by atoms with E-state index in [0.29, 0.717) is 12.5 Å². The van der Waals surface area contributed by atoms with Crippen LogP contribution in [0.5, 0.6) is 0 Å². The van der Waals surface area contributed by atoms with Crippen molar-refractivity contribution in [1.82, 2.24) is 4.90 Å². The van der Waals surface area contributed by atoms with E-state index in [1.807, 2.05) is 11.9 Å². The zero-order chi connectivity index (χ0) is 11.5. The normalized spacial score (nSPS) is 27.5. The van der Waals surface area contributed by atoms with Crippen LogP contribution in [0, 0.1) is 5.92 Å². The number of hydrogen-bond donors (Lipinski definition) is 1. The van der Waals surface area contributed by atoms with Gasteiger partial charge in [-0.3, -0.25) is 4.79 Å². The molecule has 4 nitrogen and oxygen atoms in total. The number of hydrogen-bond acceptors (Lipinski definition) is 3. The maximum absolute atomic E-state index is 12.2. The second-order valence-electron chi connectivity index (χ2n) is 4.94. The fourth-order valence-electron chi connectivity index (χ4n) is 2.47. The van der Waals surface area contributed by atoms with Gasteiger partial charge in [0.05, 0.1) is 0 Å². The van der Waals surface area contributed by atoms with Gasteiger partial charge >= 0.3 is 0 Å². The SMILES string of the molecule is CN(C(=O)C1CCCCO1)C(CN)C1CC1. The fraction of sp³-hybridized carbons (Fsp3) is 0.917. The Bertz CT molecular complexity index is 247. The second-order valence-corrected chi connectivity index (χ2v) is 4.94. The molecular formula is C12H22N2O2. The van der Waals surface area contributed by atoms with E-state index >= 15 is 0 Å². The Balaban J connectivity index is 1.91. The van der Waals surface area contributed by atoms with E-state index in [4.69, 9.17) is 10.5 Å². The Labute approximate surface area is 97.1 Å². The molecule has 1 aliphatic heterocycles. The van der Waals surface area contributed by atoms with E-state index in [1.165, 1.54) is 12.8 Å². The average molecular weight is 226 g/mol. The molecule has 2 rings (SSSR count). The number of ether oxygens (including phenoxy) is 1. The first-order valence-corrected chi connectivity index (χ1v) is 6.32. The third-order valence-electron chi connectivity index (χ3n) is 3.71. The van der Waals surface area contributed by atoms with Crippen LogP contribution in [-0.4, -0.2) is 43.2 Å². The molecule has 1 aliphatic carbocycles. The molecule has 0 aromatic rings. The summed E-state index contributed by atoms with van der Waals surface area (Å²) in [7, 11) is 1.87. The molecule has 0 bridgehead atoms. The van der Waals surface area contributed by atoms with Gasteiger partial charge in [-0.05, 0) is 38.0 Å². The summed E-state index contributed by atoms with van der Waals surface area (Å²) in [6.45, 7) is 1.29. The van der Waals surface area contributed by atoms with E-state index in [0.717, 1.165) is 25.9 Å². The minimum absolute atomic E-state index is 0.127. The molecular weight excluding hydrogens is 204 g/mol. The average Bonchev–Trinajstić information content (AvgIpc) is 3.14. The Morgan fingerprint density at radius 3 is 2.69 bits per heavy atom. The predicted molar refractivity (Wildman–Crippen MR) is 61.9 cm³/mol. The van der Waals surface area contributed by atoms with Gasteiger partial charge < -0.3 is 15.4 Å². The van der Waals surface area contributed by atoms with Crippen LogP contribution in [-0.2, 0) is 9.53 Å². The molecule has 1 saturated heterocycles. The summed E-state index contributed by atoms with van der Waals surface area (Å²) < 4.78 is 5.52. The van der Waals surface area contributed by atoms with Gasteiger partial charge in [0, 0.05) is 26.2 Å². The Kier molecular flexibility index (Phi) is 3.82. The van der Waals surface area contributed by atoms with Crippen LogP contribution in [0.15, 0.2) is 0 Å². The highest BCUT2D eigenvalue weighted by atomic mass is 16.5. The minimum Gasteiger partial charge on any atom is -0.368 e. The van der Waals surface area contributed by atoms with Crippen molar-refractivity contribution in [3.8, 4) is 0 Å². The standard InChI is InChI=1S/C12H22N2O2/c1-14(10(8-13)9-5-6-9)12(15)11-4-2-3-7-16-11/h9-11H,2-8,13H2,1H3. The molecule has 1 heterocycles. The maximum Gasteiger partial charge on any atom is 0.251 e. The van der Waals surface area contributed by atoms with Crippen molar-refractivity contribution in [2.45, 2.75) is 44.2 Å². The molecule has 4 heteroatoms. The summed E-state index contributed by atoms with van der Waals surface area (Å²) in [5.41, 5.74) is 5.75. The third kappa shape index (κ3) is 2.55. The van der Waals surface area contributed by atoms with E-state index in [1.54, 1.807) is 0 Å². The summed E-state index contributed by atoms with van der Waals surface area (Å²) >= 11 is 0. The van der Waals surface area contributed by atoms with E-state index in [9.17, 15) is 4.79 Å². The molecule has 2 N–H and O–H groups in total. The molecule has 92 valence electrons. The van der Waals surface area contributed by atoms with Gasteiger partial charge in [-0.2, -0.15) is 0 Å². The molecule has 2 fully saturated rings. The lowest BCUT2D eigenvalue weighted by Gasteiger charge is -2.32. The quantitative estimate of drug-likeness (QED) is 0.769. The fourth-order valence-corrected chi connectivity index (χ4v) is 2.47. The molecule has 2 unspecified atom stereocenters. The lowest BCUT2D eigenvalue weighted by atomic mass is 10.1. The Morgan fingerprint density at radius 1 is 1.44 bits per heavy atom. The summed E-state index contributed by atoms with van der Waals surface area (Å²) in [5, 5.41) is 0. The van der Waals surface area contributed by atoms with Gasteiger partial charge in [-0.1, -0.05) is 0 Å².